The fourth-order valence-electron chi connectivity index (χ4n) is 3.01. The predicted molar refractivity (Wildman–Crippen MR) is 102 cm³/mol. The van der Waals surface area contributed by atoms with Crippen LogP contribution in [-0.4, -0.2) is 46.4 Å². The first-order valence-corrected chi connectivity index (χ1v) is 9.24. The molecule has 1 amide bonds. The van der Waals surface area contributed by atoms with Gasteiger partial charge in [-0.25, -0.2) is 14.8 Å². The molecule has 0 spiro atoms. The second-order valence-corrected chi connectivity index (χ2v) is 6.63. The number of hydrogen-bond acceptors (Lipinski definition) is 6. The van der Waals surface area contributed by atoms with Crippen molar-refractivity contribution in [2.45, 2.75) is 26.7 Å². The number of amides is 1. The van der Waals surface area contributed by atoms with Crippen LogP contribution in [0, 0.1) is 5.92 Å². The molecule has 7 nitrogen and oxygen atoms in total. The summed E-state index contributed by atoms with van der Waals surface area (Å²) < 4.78 is 5.08. The van der Waals surface area contributed by atoms with Gasteiger partial charge in [0.25, 0.3) is 5.91 Å². The van der Waals surface area contributed by atoms with Crippen molar-refractivity contribution in [3.05, 3.63) is 47.8 Å². The van der Waals surface area contributed by atoms with Gasteiger partial charge in [-0.15, -0.1) is 0 Å². The van der Waals surface area contributed by atoms with Gasteiger partial charge in [-0.1, -0.05) is 19.1 Å². The minimum atomic E-state index is -0.421. The van der Waals surface area contributed by atoms with Crippen molar-refractivity contribution in [1.29, 1.82) is 0 Å². The van der Waals surface area contributed by atoms with E-state index in [0.29, 0.717) is 29.5 Å². The zero-order valence-electron chi connectivity index (χ0n) is 15.6. The lowest BCUT2D eigenvalue weighted by Gasteiger charge is -2.30. The number of rotatable bonds is 5. The summed E-state index contributed by atoms with van der Waals surface area (Å²) in [4.78, 5) is 35.2. The molecular weight excluding hydrogens is 344 g/mol. The fourth-order valence-corrected chi connectivity index (χ4v) is 3.01. The Morgan fingerprint density at radius 1 is 1.22 bits per heavy atom. The van der Waals surface area contributed by atoms with Gasteiger partial charge < -0.3 is 15.0 Å². The molecule has 0 atom stereocenters. The van der Waals surface area contributed by atoms with Crippen molar-refractivity contribution in [2.24, 2.45) is 5.92 Å². The molecule has 27 heavy (non-hydrogen) atoms. The summed E-state index contributed by atoms with van der Waals surface area (Å²) in [6.07, 6.45) is 3.56. The molecule has 1 aliphatic rings. The Labute approximate surface area is 158 Å². The molecule has 1 N–H and O–H groups in total. The van der Waals surface area contributed by atoms with Crippen LogP contribution in [-0.2, 0) is 4.74 Å². The highest BCUT2D eigenvalue weighted by atomic mass is 16.5. The lowest BCUT2D eigenvalue weighted by atomic mass is 9.99. The lowest BCUT2D eigenvalue weighted by molar-refractivity contribution is 0.0527. The van der Waals surface area contributed by atoms with Crippen LogP contribution in [0.25, 0.3) is 0 Å². The number of carbonyl (C=O) groups excluding carboxylic acids is 2. The minimum absolute atomic E-state index is 0.0916. The fraction of sp³-hybridized carbons (Fsp3) is 0.400. The summed E-state index contributed by atoms with van der Waals surface area (Å²) in [5, 5.41) is 3.02. The number of ether oxygens (including phenoxy) is 1. The van der Waals surface area contributed by atoms with E-state index in [9.17, 15) is 9.59 Å². The number of carbonyl (C=O) groups is 2. The van der Waals surface area contributed by atoms with Crippen molar-refractivity contribution < 1.29 is 14.3 Å². The van der Waals surface area contributed by atoms with E-state index >= 15 is 0 Å². The minimum Gasteiger partial charge on any atom is -0.462 e. The van der Waals surface area contributed by atoms with Gasteiger partial charge >= 0.3 is 5.97 Å². The summed E-state index contributed by atoms with van der Waals surface area (Å²) >= 11 is 0. The number of esters is 1. The average molecular weight is 368 g/mol. The van der Waals surface area contributed by atoms with Crippen LogP contribution in [0.15, 0.2) is 36.5 Å². The summed E-state index contributed by atoms with van der Waals surface area (Å²) in [5.74, 6) is 0.403. The SMILES string of the molecule is CCOC(=O)c1ccccc1Nc1nccc(C(=O)N2CCC(C)CC2)n1. The largest absolute Gasteiger partial charge is 0.462 e. The number of benzene rings is 1. The predicted octanol–water partition coefficient (Wildman–Crippen LogP) is 3.27. The monoisotopic (exact) mass is 368 g/mol. The molecule has 0 saturated carbocycles. The molecule has 7 heteroatoms. The molecule has 3 rings (SSSR count). The van der Waals surface area contributed by atoms with E-state index in [1.54, 1.807) is 43.5 Å². The zero-order valence-corrected chi connectivity index (χ0v) is 15.6. The van der Waals surface area contributed by atoms with Gasteiger partial charge in [0.05, 0.1) is 17.9 Å². The summed E-state index contributed by atoms with van der Waals surface area (Å²) in [5.41, 5.74) is 1.27. The maximum atomic E-state index is 12.7. The third-order valence-electron chi connectivity index (χ3n) is 4.61. The van der Waals surface area contributed by atoms with Crippen molar-refractivity contribution in [3.8, 4) is 0 Å². The highest BCUT2D eigenvalue weighted by Crippen LogP contribution is 2.21. The van der Waals surface area contributed by atoms with Crippen LogP contribution in [0.3, 0.4) is 0 Å². The third-order valence-corrected chi connectivity index (χ3v) is 4.61. The molecule has 1 aromatic carbocycles. The number of likely N-dealkylation sites (tertiary alicyclic amines) is 1. The van der Waals surface area contributed by atoms with Gasteiger partial charge in [0.15, 0.2) is 0 Å². The molecule has 0 bridgehead atoms. The van der Waals surface area contributed by atoms with E-state index in [4.69, 9.17) is 4.74 Å². The zero-order chi connectivity index (χ0) is 19.2. The molecule has 142 valence electrons. The highest BCUT2D eigenvalue weighted by molar-refractivity contribution is 5.96. The first-order chi connectivity index (χ1) is 13.1. The van der Waals surface area contributed by atoms with E-state index in [0.717, 1.165) is 25.9 Å². The molecule has 0 unspecified atom stereocenters. The third kappa shape index (κ3) is 4.61. The van der Waals surface area contributed by atoms with Crippen LogP contribution in [0.5, 0.6) is 0 Å². The normalized spacial score (nSPS) is 14.7. The van der Waals surface area contributed by atoms with Gasteiger partial charge in [-0.05, 0) is 43.9 Å². The smallest absolute Gasteiger partial charge is 0.340 e. The summed E-state index contributed by atoms with van der Waals surface area (Å²) in [6, 6.07) is 8.59. The average Bonchev–Trinajstić information content (AvgIpc) is 2.69. The number of piperidine rings is 1. The Morgan fingerprint density at radius 3 is 2.70 bits per heavy atom. The quantitative estimate of drug-likeness (QED) is 0.816. The topological polar surface area (TPSA) is 84.4 Å². The van der Waals surface area contributed by atoms with Crippen LogP contribution in [0.2, 0.25) is 0 Å². The first-order valence-electron chi connectivity index (χ1n) is 9.24. The van der Waals surface area contributed by atoms with Crippen LogP contribution in [0.1, 0.15) is 47.5 Å². The molecular formula is C20H24N4O3. The Morgan fingerprint density at radius 2 is 1.96 bits per heavy atom. The second kappa shape index (κ2) is 8.62. The van der Waals surface area contributed by atoms with Gasteiger partial charge in [-0.2, -0.15) is 0 Å². The Bertz CT molecular complexity index is 816. The maximum Gasteiger partial charge on any atom is 0.340 e. The Hall–Kier alpha value is -2.96. The van der Waals surface area contributed by atoms with Gasteiger partial charge in [0.2, 0.25) is 5.95 Å². The molecule has 1 aromatic heterocycles. The molecule has 0 radical (unpaired) electrons. The van der Waals surface area contributed by atoms with Gasteiger partial charge in [-0.3, -0.25) is 4.79 Å². The van der Waals surface area contributed by atoms with E-state index in [-0.39, 0.29) is 11.9 Å². The molecule has 1 saturated heterocycles. The van der Waals surface area contributed by atoms with Crippen molar-refractivity contribution in [3.63, 3.8) is 0 Å². The number of para-hydroxylation sites is 1. The molecule has 2 aromatic rings. The van der Waals surface area contributed by atoms with Crippen LogP contribution < -0.4 is 5.32 Å². The molecule has 1 fully saturated rings. The molecule has 0 aliphatic carbocycles. The van der Waals surface area contributed by atoms with E-state index in [1.807, 2.05) is 4.90 Å². The standard InChI is InChI=1S/C20H24N4O3/c1-3-27-19(26)15-6-4-5-7-16(15)22-20-21-11-8-17(23-20)18(25)24-12-9-14(2)10-13-24/h4-8,11,14H,3,9-10,12-13H2,1-2H3,(H,21,22,23). The van der Waals surface area contributed by atoms with Crippen molar-refractivity contribution in [1.82, 2.24) is 14.9 Å². The van der Waals surface area contributed by atoms with E-state index < -0.39 is 5.97 Å². The number of aromatic nitrogens is 2. The second-order valence-electron chi connectivity index (χ2n) is 6.63. The molecule has 1 aliphatic heterocycles. The number of nitrogens with one attached hydrogen (secondary N) is 1. The van der Waals surface area contributed by atoms with Crippen LogP contribution in [0.4, 0.5) is 11.6 Å². The first kappa shape index (κ1) is 18.8. The summed E-state index contributed by atoms with van der Waals surface area (Å²) in [7, 11) is 0. The van der Waals surface area contributed by atoms with E-state index in [2.05, 4.69) is 22.2 Å². The Balaban J connectivity index is 1.77. The number of nitrogens with zero attached hydrogens (tertiary/aromatic N) is 3. The van der Waals surface area contributed by atoms with Crippen LogP contribution >= 0.6 is 0 Å². The van der Waals surface area contributed by atoms with Gasteiger partial charge in [0.1, 0.15) is 5.69 Å². The van der Waals surface area contributed by atoms with Crippen molar-refractivity contribution >= 4 is 23.5 Å². The van der Waals surface area contributed by atoms with E-state index in [1.165, 1.54) is 0 Å². The lowest BCUT2D eigenvalue weighted by Crippen LogP contribution is -2.38. The van der Waals surface area contributed by atoms with Gasteiger partial charge in [0, 0.05) is 19.3 Å². The van der Waals surface area contributed by atoms with Crippen molar-refractivity contribution in [2.75, 3.05) is 25.0 Å². The highest BCUT2D eigenvalue weighted by Gasteiger charge is 2.22. The maximum absolute atomic E-state index is 12.7. The Kier molecular flexibility index (Phi) is 6.01. The number of hydrogen-bond donors (Lipinski definition) is 1. The number of anilines is 2. The summed E-state index contributed by atoms with van der Waals surface area (Å²) in [6.45, 7) is 5.75. The molecule has 2 heterocycles.